The first-order valence-electron chi connectivity index (χ1n) is 7.40. The van der Waals surface area contributed by atoms with Crippen LogP contribution in [0.2, 0.25) is 18.1 Å². The Balaban J connectivity index is 0.000000277. The minimum Gasteiger partial charge on any atom is -0.544 e. The second-order valence-electron chi connectivity index (χ2n) is 6.79. The fraction of sp³-hybridized carbons (Fsp3) is 0.333. The molecule has 0 unspecified atom stereocenters. The van der Waals surface area contributed by atoms with Crippen molar-refractivity contribution in [1.82, 2.24) is 0 Å². The molecule has 126 valence electrons. The van der Waals surface area contributed by atoms with Gasteiger partial charge in [0.2, 0.25) is 8.32 Å². The van der Waals surface area contributed by atoms with Crippen LogP contribution < -0.4 is 4.43 Å². The first-order valence-corrected chi connectivity index (χ1v) is 11.9. The summed E-state index contributed by atoms with van der Waals surface area (Å²) in [4.78, 5) is 0. The number of aromatic hydroxyl groups is 1. The van der Waals surface area contributed by atoms with Crippen LogP contribution in [0.1, 0.15) is 20.8 Å². The van der Waals surface area contributed by atoms with E-state index in [2.05, 4.69) is 65.7 Å². The standard InChI is InChI=1S/C12H19BrOSi.C6H5BrO/c1-12(2,3)15(4,5)14-11-8-6-10(13)7-9-11;7-5-1-3-6(8)4-2-5/h6-9H,1-5H3;1-4,8H. The van der Waals surface area contributed by atoms with E-state index in [0.717, 1.165) is 14.7 Å². The zero-order valence-corrected chi connectivity index (χ0v) is 18.4. The number of phenolic OH excluding ortho intramolecular Hbond substituents is 1. The highest BCUT2D eigenvalue weighted by Gasteiger charge is 2.38. The van der Waals surface area contributed by atoms with Gasteiger partial charge in [-0.2, -0.15) is 0 Å². The van der Waals surface area contributed by atoms with Crippen molar-refractivity contribution in [2.75, 3.05) is 0 Å². The zero-order valence-electron chi connectivity index (χ0n) is 14.2. The Labute approximate surface area is 157 Å². The molecule has 1 N–H and O–H groups in total. The molecule has 2 aromatic carbocycles. The molecule has 0 saturated heterocycles. The Morgan fingerprint density at radius 1 is 0.826 bits per heavy atom. The summed E-state index contributed by atoms with van der Waals surface area (Å²) in [6, 6.07) is 14.9. The molecule has 2 rings (SSSR count). The number of phenols is 1. The van der Waals surface area contributed by atoms with Crippen molar-refractivity contribution >= 4 is 40.2 Å². The maximum atomic E-state index is 8.74. The van der Waals surface area contributed by atoms with E-state index in [0.29, 0.717) is 5.75 Å². The van der Waals surface area contributed by atoms with Crippen molar-refractivity contribution in [3.05, 3.63) is 57.5 Å². The van der Waals surface area contributed by atoms with E-state index < -0.39 is 8.32 Å². The van der Waals surface area contributed by atoms with Gasteiger partial charge in [0.15, 0.2) is 0 Å². The van der Waals surface area contributed by atoms with Gasteiger partial charge in [-0.15, -0.1) is 0 Å². The van der Waals surface area contributed by atoms with Crippen molar-refractivity contribution in [3.63, 3.8) is 0 Å². The minimum absolute atomic E-state index is 0.250. The van der Waals surface area contributed by atoms with E-state index in [-0.39, 0.29) is 5.04 Å². The van der Waals surface area contributed by atoms with Gasteiger partial charge in [0, 0.05) is 8.95 Å². The average Bonchev–Trinajstić information content (AvgIpc) is 2.44. The monoisotopic (exact) mass is 458 g/mol. The van der Waals surface area contributed by atoms with Gasteiger partial charge in [-0.3, -0.25) is 0 Å². The maximum Gasteiger partial charge on any atom is 0.250 e. The second-order valence-corrected chi connectivity index (χ2v) is 13.3. The average molecular weight is 460 g/mol. The summed E-state index contributed by atoms with van der Waals surface area (Å²) in [6.45, 7) is 11.3. The quantitative estimate of drug-likeness (QED) is 0.490. The molecule has 0 saturated carbocycles. The number of hydrogen-bond acceptors (Lipinski definition) is 2. The summed E-state index contributed by atoms with van der Waals surface area (Å²) < 4.78 is 8.21. The molecular weight excluding hydrogens is 436 g/mol. The lowest BCUT2D eigenvalue weighted by Gasteiger charge is -2.36. The van der Waals surface area contributed by atoms with Crippen LogP contribution in [0.4, 0.5) is 0 Å². The largest absolute Gasteiger partial charge is 0.544 e. The van der Waals surface area contributed by atoms with Gasteiger partial charge < -0.3 is 9.53 Å². The Hall–Kier alpha value is -0.783. The van der Waals surface area contributed by atoms with Gasteiger partial charge in [-0.05, 0) is 66.7 Å². The summed E-state index contributed by atoms with van der Waals surface area (Å²) in [5, 5.41) is 8.99. The van der Waals surface area contributed by atoms with E-state index in [9.17, 15) is 0 Å². The molecular formula is C18H24Br2O2Si. The number of benzene rings is 2. The van der Waals surface area contributed by atoms with Crippen molar-refractivity contribution in [2.45, 2.75) is 38.9 Å². The van der Waals surface area contributed by atoms with Crippen LogP contribution in [0.5, 0.6) is 11.5 Å². The lowest BCUT2D eigenvalue weighted by atomic mass is 10.2. The fourth-order valence-corrected chi connectivity index (χ4v) is 2.95. The predicted octanol–water partition coefficient (Wildman–Crippen LogP) is 6.99. The van der Waals surface area contributed by atoms with E-state index >= 15 is 0 Å². The first kappa shape index (κ1) is 20.3. The molecule has 0 spiro atoms. The maximum absolute atomic E-state index is 8.74. The Morgan fingerprint density at radius 2 is 1.22 bits per heavy atom. The van der Waals surface area contributed by atoms with Gasteiger partial charge in [0.1, 0.15) is 11.5 Å². The van der Waals surface area contributed by atoms with Gasteiger partial charge in [0.05, 0.1) is 0 Å². The number of rotatable bonds is 2. The van der Waals surface area contributed by atoms with Crippen LogP contribution in [0.3, 0.4) is 0 Å². The molecule has 23 heavy (non-hydrogen) atoms. The summed E-state index contributed by atoms with van der Waals surface area (Å²) in [6.07, 6.45) is 0. The van der Waals surface area contributed by atoms with Gasteiger partial charge in [-0.25, -0.2) is 0 Å². The van der Waals surface area contributed by atoms with Crippen molar-refractivity contribution in [1.29, 1.82) is 0 Å². The molecule has 0 aromatic heterocycles. The Morgan fingerprint density at radius 3 is 1.57 bits per heavy atom. The number of hydrogen-bond donors (Lipinski definition) is 1. The van der Waals surface area contributed by atoms with E-state index in [4.69, 9.17) is 9.53 Å². The Kier molecular flexibility index (Phi) is 7.36. The molecule has 0 amide bonds. The van der Waals surface area contributed by atoms with Crippen LogP contribution in [-0.4, -0.2) is 13.4 Å². The van der Waals surface area contributed by atoms with E-state index in [1.54, 1.807) is 24.3 Å². The highest BCUT2D eigenvalue weighted by atomic mass is 79.9. The third-order valence-corrected chi connectivity index (χ3v) is 9.24. The zero-order chi connectivity index (χ0) is 17.7. The molecule has 2 aromatic rings. The van der Waals surface area contributed by atoms with Crippen LogP contribution in [0.15, 0.2) is 57.5 Å². The summed E-state index contributed by atoms with van der Waals surface area (Å²) in [5.41, 5.74) is 0. The normalized spacial score (nSPS) is 11.4. The Bertz CT molecular complexity index is 581. The minimum atomic E-state index is -1.68. The second kappa shape index (κ2) is 8.35. The number of halogens is 2. The van der Waals surface area contributed by atoms with Crippen LogP contribution >= 0.6 is 31.9 Å². The summed E-state index contributed by atoms with van der Waals surface area (Å²) >= 11 is 6.65. The SMILES string of the molecule is CC(C)(C)[Si](C)(C)Oc1ccc(Br)cc1.Oc1ccc(Br)cc1. The lowest BCUT2D eigenvalue weighted by Crippen LogP contribution is -2.43. The smallest absolute Gasteiger partial charge is 0.250 e. The molecule has 0 heterocycles. The third-order valence-electron chi connectivity index (χ3n) is 3.82. The molecule has 0 aliphatic rings. The van der Waals surface area contributed by atoms with Gasteiger partial charge in [-0.1, -0.05) is 52.6 Å². The first-order chi connectivity index (χ1) is 10.5. The van der Waals surface area contributed by atoms with Gasteiger partial charge >= 0.3 is 0 Å². The lowest BCUT2D eigenvalue weighted by molar-refractivity contribution is 0.475. The topological polar surface area (TPSA) is 29.5 Å². The highest BCUT2D eigenvalue weighted by Crippen LogP contribution is 2.37. The molecule has 0 atom stereocenters. The van der Waals surface area contributed by atoms with Crippen molar-refractivity contribution in [2.24, 2.45) is 0 Å². The molecule has 0 radical (unpaired) electrons. The summed E-state index contributed by atoms with van der Waals surface area (Å²) in [7, 11) is -1.68. The van der Waals surface area contributed by atoms with E-state index in [1.165, 1.54) is 0 Å². The third kappa shape index (κ3) is 7.10. The molecule has 0 aliphatic carbocycles. The molecule has 2 nitrogen and oxygen atoms in total. The van der Waals surface area contributed by atoms with E-state index in [1.807, 2.05) is 24.3 Å². The van der Waals surface area contributed by atoms with Crippen molar-refractivity contribution < 1.29 is 9.53 Å². The van der Waals surface area contributed by atoms with Crippen LogP contribution in [0, 0.1) is 0 Å². The molecule has 0 aliphatic heterocycles. The molecule has 0 bridgehead atoms. The van der Waals surface area contributed by atoms with Gasteiger partial charge in [0.25, 0.3) is 0 Å². The van der Waals surface area contributed by atoms with Crippen LogP contribution in [-0.2, 0) is 0 Å². The van der Waals surface area contributed by atoms with Crippen LogP contribution in [0.25, 0.3) is 0 Å². The fourth-order valence-electron chi connectivity index (χ4n) is 1.39. The molecule has 0 fully saturated rings. The summed E-state index contributed by atoms with van der Waals surface area (Å²) in [5.74, 6) is 1.28. The predicted molar refractivity (Wildman–Crippen MR) is 108 cm³/mol. The molecule has 5 heteroatoms. The van der Waals surface area contributed by atoms with Crippen molar-refractivity contribution in [3.8, 4) is 11.5 Å². The highest BCUT2D eigenvalue weighted by molar-refractivity contribution is 9.10.